The van der Waals surface area contributed by atoms with E-state index in [0.717, 1.165) is 11.1 Å². The maximum absolute atomic E-state index is 13.3. The normalized spacial score (nSPS) is 18.3. The molecule has 8 heteroatoms. The summed E-state index contributed by atoms with van der Waals surface area (Å²) < 4.78 is 1.40. The molecule has 0 atom stereocenters. The SMILES string of the molecule is O=C(N[C@H]1CC[C@@H](C(=O)O)CC1)c1cccn2c(=O)c3cc(-c4ccncc4)ccc3nc12. The monoisotopic (exact) mass is 442 g/mol. The molecule has 0 aliphatic heterocycles. The fourth-order valence-electron chi connectivity index (χ4n) is 4.48. The summed E-state index contributed by atoms with van der Waals surface area (Å²) in [6.07, 6.45) is 7.31. The fraction of sp³-hybridized carbons (Fsp3) is 0.240. The molecule has 1 fully saturated rings. The summed E-state index contributed by atoms with van der Waals surface area (Å²) in [6.45, 7) is 0. The summed E-state index contributed by atoms with van der Waals surface area (Å²) in [6, 6.07) is 12.4. The molecule has 166 valence electrons. The van der Waals surface area contributed by atoms with Crippen molar-refractivity contribution in [2.45, 2.75) is 31.7 Å². The van der Waals surface area contributed by atoms with E-state index >= 15 is 0 Å². The molecule has 0 unspecified atom stereocenters. The zero-order valence-corrected chi connectivity index (χ0v) is 17.8. The van der Waals surface area contributed by atoms with Gasteiger partial charge in [0, 0.05) is 24.6 Å². The van der Waals surface area contributed by atoms with E-state index in [2.05, 4.69) is 15.3 Å². The Balaban J connectivity index is 1.49. The highest BCUT2D eigenvalue weighted by molar-refractivity contribution is 6.01. The fourth-order valence-corrected chi connectivity index (χ4v) is 4.48. The number of benzene rings is 1. The first-order chi connectivity index (χ1) is 16.0. The number of nitrogens with one attached hydrogen (secondary N) is 1. The maximum Gasteiger partial charge on any atom is 0.306 e. The Morgan fingerprint density at radius 3 is 2.48 bits per heavy atom. The van der Waals surface area contributed by atoms with Crippen molar-refractivity contribution in [1.82, 2.24) is 19.7 Å². The highest BCUT2D eigenvalue weighted by Crippen LogP contribution is 2.25. The van der Waals surface area contributed by atoms with Crippen LogP contribution in [0.25, 0.3) is 27.7 Å². The van der Waals surface area contributed by atoms with Crippen LogP contribution in [0, 0.1) is 5.92 Å². The zero-order chi connectivity index (χ0) is 22.9. The van der Waals surface area contributed by atoms with E-state index in [-0.39, 0.29) is 23.4 Å². The minimum atomic E-state index is -0.781. The van der Waals surface area contributed by atoms with Crippen molar-refractivity contribution in [3.05, 3.63) is 77.0 Å². The molecule has 1 saturated carbocycles. The van der Waals surface area contributed by atoms with E-state index in [1.54, 1.807) is 42.9 Å². The third-order valence-electron chi connectivity index (χ3n) is 6.31. The van der Waals surface area contributed by atoms with E-state index in [4.69, 9.17) is 5.11 Å². The van der Waals surface area contributed by atoms with Crippen LogP contribution in [0.2, 0.25) is 0 Å². The van der Waals surface area contributed by atoms with Crippen molar-refractivity contribution in [2.24, 2.45) is 5.92 Å². The van der Waals surface area contributed by atoms with E-state index in [1.165, 1.54) is 4.40 Å². The van der Waals surface area contributed by atoms with Crippen molar-refractivity contribution >= 4 is 28.4 Å². The lowest BCUT2D eigenvalue weighted by Gasteiger charge is -2.26. The number of hydrogen-bond acceptors (Lipinski definition) is 5. The van der Waals surface area contributed by atoms with Crippen LogP contribution >= 0.6 is 0 Å². The number of carbonyl (C=O) groups excluding carboxylic acids is 1. The van der Waals surface area contributed by atoms with Gasteiger partial charge in [0.15, 0.2) is 5.65 Å². The van der Waals surface area contributed by atoms with Gasteiger partial charge in [-0.1, -0.05) is 6.07 Å². The highest BCUT2D eigenvalue weighted by Gasteiger charge is 2.27. The molecule has 1 aliphatic carbocycles. The number of rotatable bonds is 4. The van der Waals surface area contributed by atoms with Crippen molar-refractivity contribution < 1.29 is 14.7 Å². The van der Waals surface area contributed by atoms with Crippen LogP contribution < -0.4 is 10.9 Å². The summed E-state index contributed by atoms with van der Waals surface area (Å²) in [4.78, 5) is 46.1. The van der Waals surface area contributed by atoms with Gasteiger partial charge in [-0.2, -0.15) is 0 Å². The van der Waals surface area contributed by atoms with Crippen LogP contribution in [0.4, 0.5) is 0 Å². The first-order valence-electron chi connectivity index (χ1n) is 10.9. The molecule has 33 heavy (non-hydrogen) atoms. The number of aliphatic carboxylic acids is 1. The van der Waals surface area contributed by atoms with Gasteiger partial charge in [0.1, 0.15) is 0 Å². The number of carboxylic acid groups (broad SMARTS) is 1. The van der Waals surface area contributed by atoms with E-state index < -0.39 is 5.97 Å². The molecule has 4 aromatic rings. The molecule has 8 nitrogen and oxygen atoms in total. The Hall–Kier alpha value is -4.07. The van der Waals surface area contributed by atoms with Gasteiger partial charge in [-0.05, 0) is 73.2 Å². The number of carboxylic acids is 1. The third-order valence-corrected chi connectivity index (χ3v) is 6.31. The van der Waals surface area contributed by atoms with Gasteiger partial charge in [0.05, 0.1) is 22.4 Å². The highest BCUT2D eigenvalue weighted by atomic mass is 16.4. The molecule has 2 N–H and O–H groups in total. The molecule has 0 bridgehead atoms. The average molecular weight is 442 g/mol. The second-order valence-corrected chi connectivity index (χ2v) is 8.36. The second kappa shape index (κ2) is 8.46. The largest absolute Gasteiger partial charge is 0.481 e. The van der Waals surface area contributed by atoms with Crippen molar-refractivity contribution in [1.29, 1.82) is 0 Å². The van der Waals surface area contributed by atoms with Crippen LogP contribution in [-0.4, -0.2) is 37.4 Å². The Morgan fingerprint density at radius 1 is 1.00 bits per heavy atom. The summed E-state index contributed by atoms with van der Waals surface area (Å²) in [7, 11) is 0. The number of amides is 1. The summed E-state index contributed by atoms with van der Waals surface area (Å²) in [5, 5.41) is 12.6. The molecule has 0 radical (unpaired) electrons. The second-order valence-electron chi connectivity index (χ2n) is 8.36. The zero-order valence-electron chi connectivity index (χ0n) is 17.8. The van der Waals surface area contributed by atoms with Gasteiger partial charge in [0.2, 0.25) is 0 Å². The lowest BCUT2D eigenvalue weighted by molar-refractivity contribution is -0.142. The Bertz CT molecular complexity index is 1420. The van der Waals surface area contributed by atoms with Crippen LogP contribution in [0.3, 0.4) is 0 Å². The molecular weight excluding hydrogens is 420 g/mol. The molecule has 5 rings (SSSR count). The van der Waals surface area contributed by atoms with Crippen LogP contribution in [0.15, 0.2) is 65.8 Å². The van der Waals surface area contributed by atoms with Gasteiger partial charge >= 0.3 is 5.97 Å². The number of fused-ring (bicyclic) bond motifs is 2. The molecular formula is C25H22N4O4. The molecule has 3 aromatic heterocycles. The number of nitrogens with zero attached hydrogens (tertiary/aromatic N) is 3. The number of hydrogen-bond donors (Lipinski definition) is 2. The van der Waals surface area contributed by atoms with Crippen molar-refractivity contribution in [3.8, 4) is 11.1 Å². The minimum Gasteiger partial charge on any atom is -0.481 e. The average Bonchev–Trinajstić information content (AvgIpc) is 2.84. The van der Waals surface area contributed by atoms with Gasteiger partial charge in [0.25, 0.3) is 11.5 Å². The third kappa shape index (κ3) is 3.95. The molecule has 1 aliphatic rings. The van der Waals surface area contributed by atoms with E-state index in [9.17, 15) is 14.4 Å². The Kier molecular flexibility index (Phi) is 5.34. The van der Waals surface area contributed by atoms with E-state index in [0.29, 0.717) is 47.8 Å². The predicted molar refractivity (Wildman–Crippen MR) is 123 cm³/mol. The number of aromatic nitrogens is 3. The molecule has 3 heterocycles. The summed E-state index contributed by atoms with van der Waals surface area (Å²) in [5.74, 6) is -1.44. The standard InChI is InChI=1S/C25H22N4O4/c30-23(27-18-6-3-16(4-7-18)25(32)33)19-2-1-13-29-22(19)28-21-8-5-17(14-20(21)24(29)31)15-9-11-26-12-10-15/h1-2,5,8-14,16,18H,3-4,6-7H2,(H,27,30)(H,32,33)/t16-,18+. The first kappa shape index (κ1) is 20.8. The molecule has 0 saturated heterocycles. The van der Waals surface area contributed by atoms with Gasteiger partial charge in [-0.15, -0.1) is 0 Å². The quantitative estimate of drug-likeness (QED) is 0.469. The lowest BCUT2D eigenvalue weighted by Crippen LogP contribution is -2.39. The van der Waals surface area contributed by atoms with Gasteiger partial charge in [-0.3, -0.25) is 23.8 Å². The van der Waals surface area contributed by atoms with Crippen LogP contribution in [-0.2, 0) is 4.79 Å². The van der Waals surface area contributed by atoms with Crippen LogP contribution in [0.5, 0.6) is 0 Å². The minimum absolute atomic E-state index is 0.0940. The smallest absolute Gasteiger partial charge is 0.306 e. The lowest BCUT2D eigenvalue weighted by atomic mass is 9.86. The van der Waals surface area contributed by atoms with Gasteiger partial charge < -0.3 is 10.4 Å². The Labute approximate surface area is 188 Å². The summed E-state index contributed by atoms with van der Waals surface area (Å²) in [5.41, 5.74) is 2.71. The molecule has 0 spiro atoms. The van der Waals surface area contributed by atoms with Crippen molar-refractivity contribution in [2.75, 3.05) is 0 Å². The first-order valence-corrected chi connectivity index (χ1v) is 10.9. The predicted octanol–water partition coefficient (Wildman–Crippen LogP) is 3.28. The van der Waals surface area contributed by atoms with Crippen LogP contribution in [0.1, 0.15) is 36.0 Å². The van der Waals surface area contributed by atoms with E-state index in [1.807, 2.05) is 18.2 Å². The molecule has 1 aromatic carbocycles. The maximum atomic E-state index is 13.3. The topological polar surface area (TPSA) is 114 Å². The Morgan fingerprint density at radius 2 is 1.76 bits per heavy atom. The van der Waals surface area contributed by atoms with Crippen molar-refractivity contribution in [3.63, 3.8) is 0 Å². The number of carbonyl (C=O) groups is 2. The summed E-state index contributed by atoms with van der Waals surface area (Å²) >= 11 is 0. The van der Waals surface area contributed by atoms with Gasteiger partial charge in [-0.25, -0.2) is 4.98 Å². The molecule has 1 amide bonds. The number of pyridine rings is 2.